The van der Waals surface area contributed by atoms with Crippen LogP contribution in [0.2, 0.25) is 0 Å². The lowest BCUT2D eigenvalue weighted by atomic mass is 9.99. The number of hydrogen-bond donors (Lipinski definition) is 0. The van der Waals surface area contributed by atoms with Crippen molar-refractivity contribution in [1.29, 1.82) is 0 Å². The summed E-state index contributed by atoms with van der Waals surface area (Å²) < 4.78 is 1.45. The van der Waals surface area contributed by atoms with Gasteiger partial charge in [0.1, 0.15) is 11.9 Å². The van der Waals surface area contributed by atoms with E-state index in [1.165, 1.54) is 16.4 Å². The van der Waals surface area contributed by atoms with E-state index < -0.39 is 6.04 Å². The molecule has 3 rings (SSSR count). The van der Waals surface area contributed by atoms with Gasteiger partial charge in [0.2, 0.25) is 5.91 Å². The smallest absolute Gasteiger partial charge is 0.262 e. The fourth-order valence-electron chi connectivity index (χ4n) is 2.93. The third-order valence-corrected chi connectivity index (χ3v) is 3.99. The highest BCUT2D eigenvalue weighted by Crippen LogP contribution is 2.27. The van der Waals surface area contributed by atoms with Crippen molar-refractivity contribution in [3.05, 3.63) is 40.4 Å². The molecule has 1 aliphatic heterocycles. The average Bonchev–Trinajstić information content (AvgIpc) is 2.47. The normalized spacial score (nSPS) is 17.9. The van der Waals surface area contributed by atoms with E-state index in [1.807, 2.05) is 19.9 Å². The summed E-state index contributed by atoms with van der Waals surface area (Å²) in [4.78, 5) is 42.7. The maximum Gasteiger partial charge on any atom is 0.262 e. The molecule has 6 heteroatoms. The summed E-state index contributed by atoms with van der Waals surface area (Å²) >= 11 is 0. The van der Waals surface area contributed by atoms with Gasteiger partial charge < -0.3 is 0 Å². The monoisotopic (exact) mass is 299 g/mol. The van der Waals surface area contributed by atoms with Gasteiger partial charge in [-0.25, -0.2) is 4.98 Å². The molecule has 1 aliphatic rings. The number of para-hydroxylation sites is 1. The molecule has 1 atom stereocenters. The number of nitrogens with zero attached hydrogens (tertiary/aromatic N) is 3. The van der Waals surface area contributed by atoms with Crippen LogP contribution in [-0.2, 0) is 16.1 Å². The molecule has 0 saturated carbocycles. The van der Waals surface area contributed by atoms with Gasteiger partial charge in [-0.3, -0.25) is 23.9 Å². The number of hydrogen-bond acceptors (Lipinski definition) is 4. The van der Waals surface area contributed by atoms with Crippen LogP contribution >= 0.6 is 0 Å². The quantitative estimate of drug-likeness (QED) is 0.799. The lowest BCUT2D eigenvalue weighted by Crippen LogP contribution is -2.50. The summed E-state index contributed by atoms with van der Waals surface area (Å²) in [6, 6.07) is 6.35. The van der Waals surface area contributed by atoms with Crippen molar-refractivity contribution in [2.24, 2.45) is 5.92 Å². The van der Waals surface area contributed by atoms with Crippen LogP contribution in [0.25, 0.3) is 10.9 Å². The number of benzene rings is 1. The van der Waals surface area contributed by atoms with Crippen LogP contribution in [0.15, 0.2) is 29.1 Å². The van der Waals surface area contributed by atoms with Gasteiger partial charge in [0.25, 0.3) is 11.5 Å². The van der Waals surface area contributed by atoms with Crippen molar-refractivity contribution in [2.75, 3.05) is 0 Å². The summed E-state index contributed by atoms with van der Waals surface area (Å²) in [5.41, 5.74) is 0.356. The highest BCUT2D eigenvalue weighted by atomic mass is 16.2. The molecule has 6 nitrogen and oxygen atoms in total. The Morgan fingerprint density at radius 1 is 1.27 bits per heavy atom. The second-order valence-corrected chi connectivity index (χ2v) is 5.85. The highest BCUT2D eigenvalue weighted by Gasteiger charge is 2.38. The summed E-state index contributed by atoms with van der Waals surface area (Å²) in [5, 5.41) is 0.487. The Balaban J connectivity index is 2.33. The van der Waals surface area contributed by atoms with E-state index in [0.717, 1.165) is 0 Å². The molecule has 0 N–H and O–H groups in total. The maximum atomic E-state index is 12.8. The van der Waals surface area contributed by atoms with Gasteiger partial charge >= 0.3 is 0 Å². The van der Waals surface area contributed by atoms with Crippen LogP contribution in [0.4, 0.5) is 0 Å². The molecular formula is C16H17N3O3. The zero-order chi connectivity index (χ0) is 16.0. The average molecular weight is 299 g/mol. The van der Waals surface area contributed by atoms with Gasteiger partial charge in [-0.15, -0.1) is 0 Å². The van der Waals surface area contributed by atoms with E-state index in [4.69, 9.17) is 0 Å². The van der Waals surface area contributed by atoms with Gasteiger partial charge in [0, 0.05) is 6.92 Å². The first kappa shape index (κ1) is 14.4. The Kier molecular flexibility index (Phi) is 3.31. The van der Waals surface area contributed by atoms with E-state index in [9.17, 15) is 14.4 Å². The summed E-state index contributed by atoms with van der Waals surface area (Å²) in [6.07, 6.45) is 0. The molecule has 0 bridgehead atoms. The van der Waals surface area contributed by atoms with E-state index in [0.29, 0.717) is 16.7 Å². The Bertz CT molecular complexity index is 838. The number of rotatable bonds is 1. The second kappa shape index (κ2) is 5.05. The van der Waals surface area contributed by atoms with Gasteiger partial charge in [0.05, 0.1) is 17.4 Å². The first-order valence-corrected chi connectivity index (χ1v) is 7.24. The van der Waals surface area contributed by atoms with Crippen LogP contribution in [0.1, 0.15) is 32.6 Å². The topological polar surface area (TPSA) is 72.3 Å². The number of fused-ring (bicyclic) bond motifs is 2. The number of carbonyl (C=O) groups excluding carboxylic acids is 2. The maximum absolute atomic E-state index is 12.8. The molecule has 0 saturated heterocycles. The van der Waals surface area contributed by atoms with E-state index in [1.54, 1.807) is 18.2 Å². The molecule has 2 amide bonds. The van der Waals surface area contributed by atoms with Crippen molar-refractivity contribution in [1.82, 2.24) is 14.5 Å². The first-order chi connectivity index (χ1) is 10.4. The Labute approximate surface area is 127 Å². The standard InChI is InChI=1S/C16H17N3O3/c1-9(2)14-16(22)18(10(3)20)8-13-17-12-7-5-4-6-11(12)15(21)19(13)14/h4-7,9,14H,8H2,1-3H3/t14-/m0/s1. The van der Waals surface area contributed by atoms with E-state index in [2.05, 4.69) is 4.98 Å². The number of imide groups is 1. The summed E-state index contributed by atoms with van der Waals surface area (Å²) in [7, 11) is 0. The number of amides is 2. The molecule has 2 aromatic rings. The SMILES string of the molecule is CC(=O)N1Cc2nc3ccccc3c(=O)n2[C@@H](C(C)C)C1=O. The fraction of sp³-hybridized carbons (Fsp3) is 0.375. The van der Waals surface area contributed by atoms with Crippen molar-refractivity contribution >= 4 is 22.7 Å². The van der Waals surface area contributed by atoms with Crippen molar-refractivity contribution in [3.8, 4) is 0 Å². The summed E-state index contributed by atoms with van der Waals surface area (Å²) in [5.74, 6) is -0.329. The molecule has 2 heterocycles. The molecule has 0 aliphatic carbocycles. The molecule has 0 unspecified atom stereocenters. The molecule has 0 radical (unpaired) electrons. The second-order valence-electron chi connectivity index (χ2n) is 5.85. The van der Waals surface area contributed by atoms with Gasteiger partial charge in [-0.05, 0) is 18.1 Å². The molecule has 1 aromatic carbocycles. The molecule has 1 aromatic heterocycles. The lowest BCUT2D eigenvalue weighted by Gasteiger charge is -2.35. The Morgan fingerprint density at radius 2 is 1.95 bits per heavy atom. The van der Waals surface area contributed by atoms with Crippen molar-refractivity contribution in [3.63, 3.8) is 0 Å². The first-order valence-electron chi connectivity index (χ1n) is 7.24. The minimum atomic E-state index is -0.697. The number of aromatic nitrogens is 2. The van der Waals surface area contributed by atoms with Crippen LogP contribution in [0.3, 0.4) is 0 Å². The largest absolute Gasteiger partial charge is 0.282 e. The van der Waals surface area contributed by atoms with Gasteiger partial charge in [0.15, 0.2) is 0 Å². The van der Waals surface area contributed by atoms with Crippen LogP contribution in [0.5, 0.6) is 0 Å². The van der Waals surface area contributed by atoms with Crippen molar-refractivity contribution in [2.45, 2.75) is 33.4 Å². The molecule has 0 fully saturated rings. The number of carbonyl (C=O) groups is 2. The fourth-order valence-corrected chi connectivity index (χ4v) is 2.93. The minimum absolute atomic E-state index is 0.0391. The summed E-state index contributed by atoms with van der Waals surface area (Å²) in [6.45, 7) is 5.11. The predicted molar refractivity (Wildman–Crippen MR) is 81.1 cm³/mol. The Morgan fingerprint density at radius 3 is 2.59 bits per heavy atom. The minimum Gasteiger partial charge on any atom is -0.282 e. The third-order valence-electron chi connectivity index (χ3n) is 3.99. The van der Waals surface area contributed by atoms with Crippen LogP contribution in [0, 0.1) is 5.92 Å². The Hall–Kier alpha value is -2.50. The molecular weight excluding hydrogens is 282 g/mol. The molecule has 114 valence electrons. The molecule has 0 spiro atoms. The lowest BCUT2D eigenvalue weighted by molar-refractivity contribution is -0.149. The molecule has 22 heavy (non-hydrogen) atoms. The highest BCUT2D eigenvalue weighted by molar-refractivity contribution is 5.97. The van der Waals surface area contributed by atoms with Crippen molar-refractivity contribution < 1.29 is 9.59 Å². The zero-order valence-electron chi connectivity index (χ0n) is 12.7. The van der Waals surface area contributed by atoms with E-state index in [-0.39, 0.29) is 29.8 Å². The van der Waals surface area contributed by atoms with Gasteiger partial charge in [-0.2, -0.15) is 0 Å². The van der Waals surface area contributed by atoms with E-state index >= 15 is 0 Å². The van der Waals surface area contributed by atoms with Gasteiger partial charge in [-0.1, -0.05) is 26.0 Å². The zero-order valence-corrected chi connectivity index (χ0v) is 12.7. The third kappa shape index (κ3) is 2.03. The predicted octanol–water partition coefficient (Wildman–Crippen LogP) is 1.48. The van der Waals surface area contributed by atoms with Crippen LogP contribution < -0.4 is 5.56 Å². The van der Waals surface area contributed by atoms with Crippen LogP contribution in [-0.4, -0.2) is 26.3 Å².